The van der Waals surface area contributed by atoms with Crippen LogP contribution in [0.15, 0.2) is 215 Å². The molecule has 0 aliphatic rings. The maximum absolute atomic E-state index is 3.21. The van der Waals surface area contributed by atoms with Gasteiger partial charge in [0.05, 0.1) is 10.9 Å². The van der Waals surface area contributed by atoms with Crippen LogP contribution < -0.4 is 16.5 Å². The molecule has 7 aromatic carbocycles. The standard InChI is InChI=1S/C26H31S.4C6H5.Ga/c1-25(2,3)20-12-16-23(17-13-20)27(22-10-8-7-9-11-22)24-18-14-21(15-19-24)26(4,5)6;4*1-2-4-6-5-3-1;/h7-19H,1-6H3;4*1-5H;/q+1;;;;;-1. The Morgan fingerprint density at radius 2 is 0.519 bits per heavy atom. The number of hydrogen-bond donors (Lipinski definition) is 0. The summed E-state index contributed by atoms with van der Waals surface area (Å²) in [6, 6.07) is 73.7. The van der Waals surface area contributed by atoms with Gasteiger partial charge in [0.15, 0.2) is 14.7 Å². The van der Waals surface area contributed by atoms with Gasteiger partial charge in [0.1, 0.15) is 0 Å². The summed E-state index contributed by atoms with van der Waals surface area (Å²) in [5.74, 6) is 0. The summed E-state index contributed by atoms with van der Waals surface area (Å²) in [7, 11) is -0.0847. The fourth-order valence-corrected chi connectivity index (χ4v) is 20.9. The molecule has 7 rings (SSSR count). The van der Waals surface area contributed by atoms with E-state index in [4.69, 9.17) is 0 Å². The molecule has 0 amide bonds. The summed E-state index contributed by atoms with van der Waals surface area (Å²) in [6.07, 6.45) is 0. The molecule has 0 fully saturated rings. The van der Waals surface area contributed by atoms with Crippen molar-refractivity contribution >= 4 is 42.4 Å². The number of hydrogen-bond acceptors (Lipinski definition) is 0. The van der Waals surface area contributed by atoms with E-state index in [0.717, 1.165) is 0 Å². The molecule has 0 aliphatic carbocycles. The average molecular weight is 754 g/mol. The molecule has 0 radical (unpaired) electrons. The van der Waals surface area contributed by atoms with Crippen LogP contribution in [0.4, 0.5) is 0 Å². The van der Waals surface area contributed by atoms with E-state index in [2.05, 4.69) is 242 Å². The quantitative estimate of drug-likeness (QED) is 0.112. The first-order chi connectivity index (χ1) is 25.1. The first-order valence-electron chi connectivity index (χ1n) is 18.5. The molecule has 0 N–H and O–H groups in total. The van der Waals surface area contributed by atoms with E-state index in [0.29, 0.717) is 0 Å². The monoisotopic (exact) mass is 752 g/mol. The molecule has 0 atom stereocenters. The molecule has 0 heterocycles. The van der Waals surface area contributed by atoms with Crippen molar-refractivity contribution < 1.29 is 0 Å². The molecule has 0 bridgehead atoms. The van der Waals surface area contributed by atoms with Gasteiger partial charge in [-0.1, -0.05) is 84.0 Å². The van der Waals surface area contributed by atoms with Crippen molar-refractivity contribution in [1.29, 1.82) is 0 Å². The van der Waals surface area contributed by atoms with Gasteiger partial charge < -0.3 is 0 Å². The third kappa shape index (κ3) is 8.42. The topological polar surface area (TPSA) is 0 Å². The van der Waals surface area contributed by atoms with Crippen molar-refractivity contribution in [1.82, 2.24) is 0 Å². The van der Waals surface area contributed by atoms with E-state index < -0.39 is 15.0 Å². The Balaban J connectivity index is 0.000000179. The first-order valence-corrected chi connectivity index (χ1v) is 24.5. The van der Waals surface area contributed by atoms with E-state index in [1.54, 1.807) is 0 Å². The Bertz CT molecular complexity index is 1870. The minimum absolute atomic E-state index is 0.0847. The second kappa shape index (κ2) is 16.5. The van der Waals surface area contributed by atoms with E-state index in [9.17, 15) is 0 Å². The first kappa shape index (κ1) is 37.3. The van der Waals surface area contributed by atoms with Gasteiger partial charge in [0, 0.05) is 0 Å². The van der Waals surface area contributed by atoms with Gasteiger partial charge in [-0.2, -0.15) is 0 Å². The Kier molecular flexibility index (Phi) is 11.8. The van der Waals surface area contributed by atoms with Crippen molar-refractivity contribution in [3.8, 4) is 0 Å². The molecule has 0 aliphatic heterocycles. The fourth-order valence-electron chi connectivity index (χ4n) is 7.27. The van der Waals surface area contributed by atoms with Crippen LogP contribution in [0.3, 0.4) is 0 Å². The van der Waals surface area contributed by atoms with Crippen LogP contribution in [0.5, 0.6) is 0 Å². The molecule has 7 aromatic rings. The van der Waals surface area contributed by atoms with Crippen LogP contribution in [-0.4, -0.2) is 15.0 Å². The van der Waals surface area contributed by atoms with Crippen molar-refractivity contribution in [3.05, 3.63) is 211 Å². The third-order valence-corrected chi connectivity index (χ3v) is 23.9. The van der Waals surface area contributed by atoms with Crippen molar-refractivity contribution in [2.45, 2.75) is 67.1 Å². The Morgan fingerprint density at radius 3 is 0.769 bits per heavy atom. The van der Waals surface area contributed by atoms with E-state index in [-0.39, 0.29) is 21.7 Å². The zero-order valence-electron chi connectivity index (χ0n) is 31.5. The molecule has 260 valence electrons. The summed E-state index contributed by atoms with van der Waals surface area (Å²) < 4.78 is 5.92. The molecular formula is C50H51GaS. The van der Waals surface area contributed by atoms with E-state index in [1.165, 1.54) is 42.3 Å². The molecule has 0 saturated carbocycles. The summed E-state index contributed by atoms with van der Waals surface area (Å²) in [5.41, 5.74) is 3.12. The van der Waals surface area contributed by atoms with E-state index in [1.807, 2.05) is 0 Å². The second-order valence-corrected chi connectivity index (χ2v) is 26.9. The summed E-state index contributed by atoms with van der Waals surface area (Å²) in [6.45, 7) is 13.6. The molecule has 52 heavy (non-hydrogen) atoms. The second-order valence-electron chi connectivity index (χ2n) is 15.7. The average Bonchev–Trinajstić information content (AvgIpc) is 3.18. The SMILES string of the molecule is CC(C)(C)c1ccc([S+](c2ccccc2)c2ccc(C(C)(C)C)cc2)cc1.c1cc[c]([Ga-]([c]2ccccc2)([c]2ccccc2)[c]2ccccc2)cc1. The van der Waals surface area contributed by atoms with Gasteiger partial charge in [0.2, 0.25) is 0 Å². The Hall–Kier alpha value is -4.47. The van der Waals surface area contributed by atoms with Gasteiger partial charge in [-0.05, 0) is 58.4 Å². The molecule has 2 heteroatoms. The molecule has 0 unspecified atom stereocenters. The van der Waals surface area contributed by atoms with Gasteiger partial charge in [-0.15, -0.1) is 0 Å². The van der Waals surface area contributed by atoms with Crippen molar-refractivity contribution in [3.63, 3.8) is 0 Å². The van der Waals surface area contributed by atoms with Crippen molar-refractivity contribution in [2.75, 3.05) is 0 Å². The van der Waals surface area contributed by atoms with E-state index >= 15 is 0 Å². The van der Waals surface area contributed by atoms with Crippen LogP contribution in [0, 0.1) is 0 Å². The van der Waals surface area contributed by atoms with Crippen LogP contribution in [0.2, 0.25) is 0 Å². The third-order valence-electron chi connectivity index (χ3n) is 10.1. The Labute approximate surface area is 318 Å². The minimum atomic E-state index is -3.21. The van der Waals surface area contributed by atoms with Gasteiger partial charge in [-0.3, -0.25) is 0 Å². The van der Waals surface area contributed by atoms with Gasteiger partial charge in [0.25, 0.3) is 0 Å². The number of rotatable bonds is 7. The fraction of sp³-hybridized carbons (Fsp3) is 0.160. The van der Waals surface area contributed by atoms with Crippen LogP contribution in [-0.2, 0) is 21.7 Å². The normalized spacial score (nSPS) is 11.8. The summed E-state index contributed by atoms with van der Waals surface area (Å²) >= 11 is -3.21. The molecular weight excluding hydrogens is 702 g/mol. The zero-order chi connectivity index (χ0) is 36.6. The molecule has 0 saturated heterocycles. The molecule has 0 nitrogen and oxygen atoms in total. The van der Waals surface area contributed by atoms with Gasteiger partial charge >= 0.3 is 153 Å². The van der Waals surface area contributed by atoms with Crippen LogP contribution in [0.25, 0.3) is 0 Å². The zero-order valence-corrected chi connectivity index (χ0v) is 34.8. The Morgan fingerprint density at radius 1 is 0.288 bits per heavy atom. The van der Waals surface area contributed by atoms with Gasteiger partial charge in [-0.25, -0.2) is 0 Å². The predicted octanol–water partition coefficient (Wildman–Crippen LogP) is 10.4. The maximum atomic E-state index is 2.32. The molecule has 0 spiro atoms. The summed E-state index contributed by atoms with van der Waals surface area (Å²) in [5, 5.41) is 0. The van der Waals surface area contributed by atoms with Crippen LogP contribution in [0.1, 0.15) is 52.7 Å². The molecule has 0 aromatic heterocycles. The number of benzene rings is 7. The van der Waals surface area contributed by atoms with Crippen LogP contribution >= 0.6 is 0 Å². The predicted molar refractivity (Wildman–Crippen MR) is 229 cm³/mol. The summed E-state index contributed by atoms with van der Waals surface area (Å²) in [4.78, 5) is 4.11. The van der Waals surface area contributed by atoms with Crippen molar-refractivity contribution in [2.24, 2.45) is 0 Å².